The summed E-state index contributed by atoms with van der Waals surface area (Å²) in [5.41, 5.74) is 1.63. The van der Waals surface area contributed by atoms with E-state index in [1.54, 1.807) is 5.57 Å². The number of carbonyl (C=O) groups excluding carboxylic acids is 1. The second-order valence-electron chi connectivity index (χ2n) is 10.8. The van der Waals surface area contributed by atoms with Crippen molar-refractivity contribution in [2.75, 3.05) is 13.2 Å². The molecule has 5 fully saturated rings. The predicted octanol–water partition coefficient (Wildman–Crippen LogP) is 4.42. The van der Waals surface area contributed by atoms with Gasteiger partial charge in [0, 0.05) is 18.8 Å². The summed E-state index contributed by atoms with van der Waals surface area (Å²) < 4.78 is 18.8. The SMILES string of the molecule is CC[C@@H]1C[C@H]2[C@@H]3CCC45CC6(CC[C@]4(O5)C3=CC[C@]2(C)[C@H]1C(C)=O)OCCO6. The maximum absolute atomic E-state index is 12.6. The van der Waals surface area contributed by atoms with Crippen molar-refractivity contribution >= 4 is 5.78 Å². The molecular weight excluding hydrogens is 352 g/mol. The normalized spacial score (nSPS) is 53.0. The molecule has 0 aromatic rings. The molecule has 4 heteroatoms. The van der Waals surface area contributed by atoms with E-state index in [1.807, 2.05) is 6.92 Å². The van der Waals surface area contributed by atoms with E-state index in [4.69, 9.17) is 14.2 Å². The quantitative estimate of drug-likeness (QED) is 0.521. The number of allylic oxidation sites excluding steroid dienone is 1. The molecule has 4 nitrogen and oxygen atoms in total. The Morgan fingerprint density at radius 3 is 2.71 bits per heavy atom. The average molecular weight is 387 g/mol. The van der Waals surface area contributed by atoms with Crippen LogP contribution in [0.3, 0.4) is 0 Å². The summed E-state index contributed by atoms with van der Waals surface area (Å²) in [6.07, 6.45) is 11.1. The van der Waals surface area contributed by atoms with Gasteiger partial charge in [-0.2, -0.15) is 0 Å². The topological polar surface area (TPSA) is 48.1 Å². The first-order valence-corrected chi connectivity index (χ1v) is 11.6. The molecule has 0 bridgehead atoms. The number of epoxide rings is 1. The minimum absolute atomic E-state index is 0.0472. The Morgan fingerprint density at radius 1 is 1.21 bits per heavy atom. The lowest BCUT2D eigenvalue weighted by molar-refractivity contribution is -0.185. The zero-order valence-corrected chi connectivity index (χ0v) is 17.6. The van der Waals surface area contributed by atoms with Crippen molar-refractivity contribution in [3.8, 4) is 0 Å². The van der Waals surface area contributed by atoms with Crippen molar-refractivity contribution in [2.24, 2.45) is 29.1 Å². The minimum Gasteiger partial charge on any atom is -0.358 e. The van der Waals surface area contributed by atoms with Crippen molar-refractivity contribution < 1.29 is 19.0 Å². The molecule has 0 N–H and O–H groups in total. The van der Waals surface area contributed by atoms with Gasteiger partial charge in [-0.1, -0.05) is 26.3 Å². The van der Waals surface area contributed by atoms with Crippen molar-refractivity contribution in [1.82, 2.24) is 0 Å². The maximum Gasteiger partial charge on any atom is 0.171 e. The van der Waals surface area contributed by atoms with Crippen LogP contribution in [0.2, 0.25) is 0 Å². The van der Waals surface area contributed by atoms with Gasteiger partial charge in [-0.25, -0.2) is 0 Å². The first kappa shape index (κ1) is 18.1. The Kier molecular flexibility index (Phi) is 3.55. The molecule has 154 valence electrons. The largest absolute Gasteiger partial charge is 0.358 e. The fraction of sp³-hybridized carbons (Fsp3) is 0.875. The molecule has 0 aromatic heterocycles. The Hall–Kier alpha value is -0.710. The van der Waals surface area contributed by atoms with Gasteiger partial charge in [0.2, 0.25) is 0 Å². The number of rotatable bonds is 2. The summed E-state index contributed by atoms with van der Waals surface area (Å²) >= 11 is 0. The number of hydrogen-bond donors (Lipinski definition) is 0. The lowest BCUT2D eigenvalue weighted by Crippen LogP contribution is -2.52. The van der Waals surface area contributed by atoms with Gasteiger partial charge in [-0.15, -0.1) is 0 Å². The zero-order valence-electron chi connectivity index (χ0n) is 17.6. The highest BCUT2D eigenvalue weighted by atomic mass is 16.7. The highest BCUT2D eigenvalue weighted by molar-refractivity contribution is 5.80. The molecule has 3 saturated carbocycles. The van der Waals surface area contributed by atoms with E-state index >= 15 is 0 Å². The Balaban J connectivity index is 1.34. The van der Waals surface area contributed by atoms with Crippen LogP contribution in [0.15, 0.2) is 11.6 Å². The number of fused-ring (bicyclic) bond motifs is 3. The van der Waals surface area contributed by atoms with Gasteiger partial charge in [0.15, 0.2) is 5.79 Å². The van der Waals surface area contributed by atoms with E-state index in [0.717, 1.165) is 51.7 Å². The van der Waals surface area contributed by atoms with E-state index in [-0.39, 0.29) is 28.3 Å². The van der Waals surface area contributed by atoms with Gasteiger partial charge >= 0.3 is 0 Å². The molecule has 2 saturated heterocycles. The highest BCUT2D eigenvalue weighted by Crippen LogP contribution is 2.74. The van der Waals surface area contributed by atoms with Crippen molar-refractivity contribution in [2.45, 2.75) is 89.1 Å². The predicted molar refractivity (Wildman–Crippen MR) is 105 cm³/mol. The van der Waals surface area contributed by atoms with E-state index in [0.29, 0.717) is 23.5 Å². The van der Waals surface area contributed by atoms with Gasteiger partial charge < -0.3 is 14.2 Å². The van der Waals surface area contributed by atoms with Crippen molar-refractivity contribution in [1.29, 1.82) is 0 Å². The van der Waals surface area contributed by atoms with Gasteiger partial charge in [0.1, 0.15) is 17.0 Å². The molecule has 6 rings (SSSR count). The van der Waals surface area contributed by atoms with Crippen LogP contribution in [0.1, 0.15) is 72.1 Å². The zero-order chi connectivity index (χ0) is 19.4. The molecule has 6 aliphatic rings. The van der Waals surface area contributed by atoms with Crippen molar-refractivity contribution in [3.63, 3.8) is 0 Å². The molecule has 0 amide bonds. The van der Waals surface area contributed by atoms with Crippen LogP contribution in [0.5, 0.6) is 0 Å². The molecule has 2 aliphatic heterocycles. The maximum atomic E-state index is 12.6. The smallest absolute Gasteiger partial charge is 0.171 e. The lowest BCUT2D eigenvalue weighted by atomic mass is 9.53. The minimum atomic E-state index is -0.378. The summed E-state index contributed by atoms with van der Waals surface area (Å²) in [4.78, 5) is 12.6. The molecule has 0 radical (unpaired) electrons. The molecule has 2 heterocycles. The molecule has 4 aliphatic carbocycles. The first-order chi connectivity index (χ1) is 13.4. The third kappa shape index (κ3) is 2.00. The summed E-state index contributed by atoms with van der Waals surface area (Å²) in [6, 6.07) is 0. The van der Waals surface area contributed by atoms with Gasteiger partial charge in [-0.05, 0) is 67.8 Å². The number of Topliss-reactive ketones (excluding diaryl/α,β-unsaturated/α-hetero) is 1. The van der Waals surface area contributed by atoms with Gasteiger partial charge in [0.25, 0.3) is 0 Å². The number of ketones is 1. The molecular formula is C24H34O4. The number of hydrogen-bond acceptors (Lipinski definition) is 4. The standard InChI is InChI=1S/C24H34O4/c1-4-16-13-19-17-5-8-22-14-23(26-11-12-27-23)9-10-24(22,28-22)18(17)6-7-21(19,3)20(16)15(2)25/h6,16-17,19-20H,4-5,7-14H2,1-3H3/t16-,17-,19+,20+,21+,22?,24+/m1/s1. The fourth-order valence-electron chi connectivity index (χ4n) is 8.72. The summed E-state index contributed by atoms with van der Waals surface area (Å²) in [7, 11) is 0. The second kappa shape index (κ2) is 5.50. The van der Waals surface area contributed by atoms with Crippen LogP contribution < -0.4 is 0 Å². The van der Waals surface area contributed by atoms with E-state index in [2.05, 4.69) is 19.9 Å². The van der Waals surface area contributed by atoms with Crippen LogP contribution in [-0.4, -0.2) is 36.0 Å². The number of carbonyl (C=O) groups is 1. The lowest BCUT2D eigenvalue weighted by Gasteiger charge is -2.50. The molecule has 7 atom stereocenters. The van der Waals surface area contributed by atoms with E-state index < -0.39 is 0 Å². The van der Waals surface area contributed by atoms with Gasteiger partial charge in [0.05, 0.1) is 13.2 Å². The van der Waals surface area contributed by atoms with E-state index in [1.165, 1.54) is 12.8 Å². The van der Waals surface area contributed by atoms with Crippen LogP contribution in [0.25, 0.3) is 0 Å². The number of ether oxygens (including phenoxy) is 3. The van der Waals surface area contributed by atoms with Crippen LogP contribution in [0.4, 0.5) is 0 Å². The first-order valence-electron chi connectivity index (χ1n) is 11.6. The third-order valence-corrected chi connectivity index (χ3v) is 9.81. The molecule has 28 heavy (non-hydrogen) atoms. The second-order valence-corrected chi connectivity index (χ2v) is 10.8. The van der Waals surface area contributed by atoms with Crippen LogP contribution >= 0.6 is 0 Å². The highest BCUT2D eigenvalue weighted by Gasteiger charge is 2.79. The van der Waals surface area contributed by atoms with Crippen molar-refractivity contribution in [3.05, 3.63) is 11.6 Å². The van der Waals surface area contributed by atoms with Gasteiger partial charge in [-0.3, -0.25) is 4.79 Å². The fourth-order valence-corrected chi connectivity index (χ4v) is 8.72. The molecule has 1 unspecified atom stereocenters. The Bertz CT molecular complexity index is 752. The Labute approximate surface area is 168 Å². The molecule has 0 aromatic carbocycles. The van der Waals surface area contributed by atoms with Crippen LogP contribution in [-0.2, 0) is 19.0 Å². The van der Waals surface area contributed by atoms with E-state index in [9.17, 15) is 4.79 Å². The third-order valence-electron chi connectivity index (χ3n) is 9.81. The Morgan fingerprint density at radius 2 is 2.00 bits per heavy atom. The summed E-state index contributed by atoms with van der Waals surface area (Å²) in [5, 5.41) is 0. The average Bonchev–Trinajstić information content (AvgIpc) is 2.95. The molecule has 1 spiro atoms. The van der Waals surface area contributed by atoms with Crippen LogP contribution in [0, 0.1) is 29.1 Å². The summed E-state index contributed by atoms with van der Waals surface area (Å²) in [5.74, 6) is 2.07. The monoisotopic (exact) mass is 386 g/mol. The summed E-state index contributed by atoms with van der Waals surface area (Å²) in [6.45, 7) is 7.96.